The lowest BCUT2D eigenvalue weighted by Crippen LogP contribution is -2.40. The minimum atomic E-state index is -0.102. The highest BCUT2D eigenvalue weighted by Crippen LogP contribution is 2.37. The van der Waals surface area contributed by atoms with E-state index in [0.29, 0.717) is 18.3 Å². The fourth-order valence-electron chi connectivity index (χ4n) is 3.58. The Balaban J connectivity index is 1.82. The average Bonchev–Trinajstić information content (AvgIpc) is 2.53. The second-order valence-electron chi connectivity index (χ2n) is 7.92. The van der Waals surface area contributed by atoms with Crippen molar-refractivity contribution >= 4 is 23.2 Å². The maximum Gasteiger partial charge on any atom is 0.229 e. The van der Waals surface area contributed by atoms with Crippen molar-refractivity contribution in [1.82, 2.24) is 4.90 Å². The Morgan fingerprint density at radius 1 is 1.08 bits per heavy atom. The average molecular weight is 329 g/mol. The van der Waals surface area contributed by atoms with Crippen LogP contribution >= 0.6 is 0 Å². The molecule has 0 saturated carbocycles. The lowest BCUT2D eigenvalue weighted by molar-refractivity contribution is -0.146. The lowest BCUT2D eigenvalue weighted by atomic mass is 9.82. The molecule has 2 saturated heterocycles. The number of carbonyl (C=O) groups excluding carboxylic acids is 2. The quantitative estimate of drug-likeness (QED) is 0.669. The molecule has 24 heavy (non-hydrogen) atoms. The molecule has 5 nitrogen and oxygen atoms in total. The predicted molar refractivity (Wildman–Crippen MR) is 95.8 cm³/mol. The zero-order chi connectivity index (χ0) is 17.5. The molecule has 2 heterocycles. The van der Waals surface area contributed by atoms with Gasteiger partial charge in [0.2, 0.25) is 11.8 Å². The minimum Gasteiger partial charge on any atom is -0.397 e. The fraction of sp³-hybridized carbons (Fsp3) is 0.579. The summed E-state index contributed by atoms with van der Waals surface area (Å²) in [6.45, 7) is 6.59. The molecule has 0 aromatic heterocycles. The molecular weight excluding hydrogens is 302 g/mol. The van der Waals surface area contributed by atoms with Gasteiger partial charge in [0.25, 0.3) is 0 Å². The standard InChI is InChI=1S/C19H27N3O2/c1-19(2)6-8-22(9-7-19)16-10-13(4-5-15(16)20)14-11-17(23)21(3)18(24)12-14/h4-5,10,14H,6-9,11-12,20H2,1-3H3. The summed E-state index contributed by atoms with van der Waals surface area (Å²) >= 11 is 0. The first kappa shape index (κ1) is 16.8. The van der Waals surface area contributed by atoms with E-state index in [1.54, 1.807) is 7.05 Å². The molecule has 2 aliphatic heterocycles. The third-order valence-electron chi connectivity index (χ3n) is 5.57. The first-order chi connectivity index (χ1) is 11.3. The molecule has 0 atom stereocenters. The summed E-state index contributed by atoms with van der Waals surface area (Å²) in [7, 11) is 1.56. The molecule has 0 bridgehead atoms. The van der Waals surface area contributed by atoms with Crippen LogP contribution in [-0.2, 0) is 9.59 Å². The van der Waals surface area contributed by atoms with E-state index in [4.69, 9.17) is 5.73 Å². The zero-order valence-corrected chi connectivity index (χ0v) is 14.8. The number of imide groups is 1. The summed E-state index contributed by atoms with van der Waals surface area (Å²) in [5.41, 5.74) is 9.45. The van der Waals surface area contributed by atoms with Crippen LogP contribution in [0.15, 0.2) is 18.2 Å². The van der Waals surface area contributed by atoms with E-state index in [1.807, 2.05) is 12.1 Å². The van der Waals surface area contributed by atoms with Crippen molar-refractivity contribution in [2.45, 2.75) is 45.4 Å². The predicted octanol–water partition coefficient (Wildman–Crippen LogP) is 2.76. The molecule has 2 aliphatic rings. The molecule has 0 spiro atoms. The number of anilines is 2. The highest BCUT2D eigenvalue weighted by Gasteiger charge is 2.32. The molecule has 2 N–H and O–H groups in total. The molecule has 3 rings (SSSR count). The number of carbonyl (C=O) groups is 2. The summed E-state index contributed by atoms with van der Waals surface area (Å²) in [6.07, 6.45) is 3.06. The van der Waals surface area contributed by atoms with Crippen molar-refractivity contribution in [3.8, 4) is 0 Å². The van der Waals surface area contributed by atoms with Gasteiger partial charge in [-0.2, -0.15) is 0 Å². The molecule has 2 fully saturated rings. The van der Waals surface area contributed by atoms with Crippen molar-refractivity contribution in [3.63, 3.8) is 0 Å². The van der Waals surface area contributed by atoms with Crippen molar-refractivity contribution < 1.29 is 9.59 Å². The third kappa shape index (κ3) is 3.25. The van der Waals surface area contributed by atoms with E-state index in [9.17, 15) is 9.59 Å². The van der Waals surface area contributed by atoms with Gasteiger partial charge >= 0.3 is 0 Å². The SMILES string of the molecule is CN1C(=O)CC(c2ccc(N)c(N3CCC(C)(C)CC3)c2)CC1=O. The topological polar surface area (TPSA) is 66.6 Å². The Labute approximate surface area is 143 Å². The minimum absolute atomic E-state index is 0.0400. The number of nitrogens with zero attached hydrogens (tertiary/aromatic N) is 2. The van der Waals surface area contributed by atoms with Gasteiger partial charge in [-0.25, -0.2) is 0 Å². The number of nitrogen functional groups attached to an aromatic ring is 1. The third-order valence-corrected chi connectivity index (χ3v) is 5.57. The van der Waals surface area contributed by atoms with E-state index in [-0.39, 0.29) is 17.7 Å². The lowest BCUT2D eigenvalue weighted by Gasteiger charge is -2.39. The van der Waals surface area contributed by atoms with E-state index in [0.717, 1.165) is 42.9 Å². The number of rotatable bonds is 2. The Bertz CT molecular complexity index is 641. The van der Waals surface area contributed by atoms with Gasteiger partial charge in [0.15, 0.2) is 0 Å². The number of hydrogen-bond donors (Lipinski definition) is 1. The highest BCUT2D eigenvalue weighted by molar-refractivity contribution is 5.98. The van der Waals surface area contributed by atoms with Crippen LogP contribution in [0.1, 0.15) is 51.0 Å². The number of benzene rings is 1. The van der Waals surface area contributed by atoms with Gasteiger partial charge in [-0.15, -0.1) is 0 Å². The van der Waals surface area contributed by atoms with Crippen LogP contribution in [0.3, 0.4) is 0 Å². The van der Waals surface area contributed by atoms with Crippen LogP contribution in [0.2, 0.25) is 0 Å². The van der Waals surface area contributed by atoms with Crippen LogP contribution in [0.25, 0.3) is 0 Å². The number of piperidine rings is 2. The second kappa shape index (κ2) is 6.11. The number of likely N-dealkylation sites (tertiary alicyclic amines) is 1. The van der Waals surface area contributed by atoms with Crippen molar-refractivity contribution in [1.29, 1.82) is 0 Å². The first-order valence-corrected chi connectivity index (χ1v) is 8.70. The van der Waals surface area contributed by atoms with Crippen LogP contribution in [0, 0.1) is 5.41 Å². The summed E-state index contributed by atoms with van der Waals surface area (Å²) in [5.74, 6) is -0.245. The maximum atomic E-state index is 12.0. The molecule has 1 aromatic rings. The van der Waals surface area contributed by atoms with Crippen LogP contribution < -0.4 is 10.6 Å². The zero-order valence-electron chi connectivity index (χ0n) is 14.8. The van der Waals surface area contributed by atoms with Gasteiger partial charge in [0, 0.05) is 38.9 Å². The van der Waals surface area contributed by atoms with Crippen LogP contribution in [0.4, 0.5) is 11.4 Å². The van der Waals surface area contributed by atoms with Gasteiger partial charge in [-0.1, -0.05) is 19.9 Å². The van der Waals surface area contributed by atoms with E-state index >= 15 is 0 Å². The molecule has 0 radical (unpaired) electrons. The second-order valence-corrected chi connectivity index (χ2v) is 7.92. The maximum absolute atomic E-state index is 12.0. The van der Waals surface area contributed by atoms with Crippen molar-refractivity contribution in [3.05, 3.63) is 23.8 Å². The monoisotopic (exact) mass is 329 g/mol. The summed E-state index contributed by atoms with van der Waals surface area (Å²) in [4.78, 5) is 27.5. The Kier molecular flexibility index (Phi) is 4.28. The summed E-state index contributed by atoms with van der Waals surface area (Å²) in [6, 6.07) is 5.96. The number of nitrogens with two attached hydrogens (primary N) is 1. The summed E-state index contributed by atoms with van der Waals surface area (Å²) in [5, 5.41) is 0. The molecule has 130 valence electrons. The van der Waals surface area contributed by atoms with Crippen molar-refractivity contribution in [2.24, 2.45) is 5.41 Å². The Hall–Kier alpha value is -2.04. The van der Waals surface area contributed by atoms with Crippen LogP contribution in [-0.4, -0.2) is 36.9 Å². The van der Waals surface area contributed by atoms with Crippen molar-refractivity contribution in [2.75, 3.05) is 30.8 Å². The fourth-order valence-corrected chi connectivity index (χ4v) is 3.58. The summed E-state index contributed by atoms with van der Waals surface area (Å²) < 4.78 is 0. The van der Waals surface area contributed by atoms with Gasteiger partial charge in [-0.3, -0.25) is 14.5 Å². The molecular formula is C19H27N3O2. The van der Waals surface area contributed by atoms with Gasteiger partial charge < -0.3 is 10.6 Å². The molecule has 1 aromatic carbocycles. The largest absolute Gasteiger partial charge is 0.397 e. The Morgan fingerprint density at radius 3 is 2.25 bits per heavy atom. The molecule has 0 unspecified atom stereocenters. The Morgan fingerprint density at radius 2 is 1.67 bits per heavy atom. The van der Waals surface area contributed by atoms with Gasteiger partial charge in [0.05, 0.1) is 11.4 Å². The van der Waals surface area contributed by atoms with E-state index in [1.165, 1.54) is 4.90 Å². The van der Waals surface area contributed by atoms with Gasteiger partial charge in [-0.05, 0) is 36.0 Å². The van der Waals surface area contributed by atoms with Crippen LogP contribution in [0.5, 0.6) is 0 Å². The van der Waals surface area contributed by atoms with E-state index in [2.05, 4.69) is 24.8 Å². The smallest absolute Gasteiger partial charge is 0.229 e. The molecule has 0 aliphatic carbocycles. The highest BCUT2D eigenvalue weighted by atomic mass is 16.2. The van der Waals surface area contributed by atoms with E-state index < -0.39 is 0 Å². The first-order valence-electron chi connectivity index (χ1n) is 8.70. The number of amides is 2. The molecule has 5 heteroatoms. The normalized spacial score (nSPS) is 22.1. The number of hydrogen-bond acceptors (Lipinski definition) is 4. The van der Waals surface area contributed by atoms with Gasteiger partial charge in [0.1, 0.15) is 0 Å². The molecule has 2 amide bonds.